The van der Waals surface area contributed by atoms with E-state index in [-0.39, 0.29) is 6.03 Å². The monoisotopic (exact) mass is 332 g/mol. The Kier molecular flexibility index (Phi) is 4.86. The van der Waals surface area contributed by atoms with Crippen LogP contribution in [0.3, 0.4) is 0 Å². The van der Waals surface area contributed by atoms with Gasteiger partial charge >= 0.3 is 6.03 Å². The summed E-state index contributed by atoms with van der Waals surface area (Å²) in [4.78, 5) is 14.2. The minimum absolute atomic E-state index is 0.00124. The van der Waals surface area contributed by atoms with Gasteiger partial charge in [-0.15, -0.1) is 0 Å². The summed E-state index contributed by atoms with van der Waals surface area (Å²) in [7, 11) is 1.92. The molecular weight excluding hydrogens is 312 g/mol. The Morgan fingerprint density at radius 3 is 3.04 bits per heavy atom. The number of carbonyl (C=O) groups is 1. The predicted octanol–water partition coefficient (Wildman–Crippen LogP) is 2.85. The van der Waals surface area contributed by atoms with Crippen LogP contribution in [-0.2, 0) is 20.0 Å². The lowest BCUT2D eigenvalue weighted by Gasteiger charge is -2.17. The molecule has 3 rings (SSSR count). The number of halogens is 1. The Balaban J connectivity index is 1.47. The van der Waals surface area contributed by atoms with E-state index >= 15 is 0 Å². The molecule has 6 heteroatoms. The van der Waals surface area contributed by atoms with Crippen LogP contribution in [0.4, 0.5) is 4.79 Å². The molecule has 0 radical (unpaired) electrons. The van der Waals surface area contributed by atoms with Crippen molar-refractivity contribution in [3.63, 3.8) is 0 Å². The Morgan fingerprint density at radius 1 is 1.43 bits per heavy atom. The van der Waals surface area contributed by atoms with Crippen LogP contribution in [0, 0.1) is 5.92 Å². The number of likely N-dealkylation sites (tertiary alicyclic amines) is 1. The number of nitrogens with one attached hydrogen (secondary N) is 1. The lowest BCUT2D eigenvalue weighted by atomic mass is 10.0. The minimum atomic E-state index is -0.00124. The van der Waals surface area contributed by atoms with Gasteiger partial charge in [0.25, 0.3) is 0 Å². The third kappa shape index (κ3) is 4.26. The van der Waals surface area contributed by atoms with Crippen LogP contribution in [0.5, 0.6) is 0 Å². The molecule has 0 spiro atoms. The molecule has 1 N–H and O–H groups in total. The molecule has 2 amide bonds. The van der Waals surface area contributed by atoms with Crippen LogP contribution in [0.15, 0.2) is 36.7 Å². The predicted molar refractivity (Wildman–Crippen MR) is 90.3 cm³/mol. The first-order valence-electron chi connectivity index (χ1n) is 7.85. The molecule has 2 heterocycles. The highest BCUT2D eigenvalue weighted by atomic mass is 35.5. The number of hydrogen-bond donors (Lipinski definition) is 1. The summed E-state index contributed by atoms with van der Waals surface area (Å²) in [6.07, 6.45) is 5.97. The quantitative estimate of drug-likeness (QED) is 0.936. The van der Waals surface area contributed by atoms with Gasteiger partial charge < -0.3 is 10.2 Å². The van der Waals surface area contributed by atoms with E-state index < -0.39 is 0 Å². The van der Waals surface area contributed by atoms with Gasteiger partial charge in [-0.05, 0) is 42.0 Å². The smallest absolute Gasteiger partial charge is 0.317 e. The molecule has 2 aromatic rings. The average molecular weight is 333 g/mol. The van der Waals surface area contributed by atoms with E-state index in [9.17, 15) is 4.79 Å². The second-order valence-electron chi connectivity index (χ2n) is 6.12. The van der Waals surface area contributed by atoms with Gasteiger partial charge in [0.15, 0.2) is 0 Å². The largest absolute Gasteiger partial charge is 0.334 e. The molecule has 1 aliphatic rings. The molecule has 1 aromatic heterocycles. The van der Waals surface area contributed by atoms with E-state index in [1.165, 1.54) is 5.56 Å². The highest BCUT2D eigenvalue weighted by molar-refractivity contribution is 6.30. The van der Waals surface area contributed by atoms with E-state index in [4.69, 9.17) is 11.6 Å². The first-order valence-corrected chi connectivity index (χ1v) is 8.22. The molecule has 0 aliphatic carbocycles. The Morgan fingerprint density at radius 2 is 2.30 bits per heavy atom. The third-order valence-corrected chi connectivity index (χ3v) is 4.42. The molecular formula is C17H21ClN4O. The summed E-state index contributed by atoms with van der Waals surface area (Å²) in [6, 6.07) is 7.55. The second kappa shape index (κ2) is 7.04. The molecule has 0 bridgehead atoms. The molecule has 0 saturated carbocycles. The van der Waals surface area contributed by atoms with Crippen molar-refractivity contribution in [1.29, 1.82) is 0 Å². The van der Waals surface area contributed by atoms with Gasteiger partial charge in [-0.1, -0.05) is 23.7 Å². The van der Waals surface area contributed by atoms with Crippen LogP contribution in [0.2, 0.25) is 5.02 Å². The van der Waals surface area contributed by atoms with Crippen molar-refractivity contribution in [1.82, 2.24) is 20.0 Å². The first-order chi connectivity index (χ1) is 11.1. The fraction of sp³-hybridized carbons (Fsp3) is 0.412. The van der Waals surface area contributed by atoms with Crippen molar-refractivity contribution in [2.45, 2.75) is 19.4 Å². The average Bonchev–Trinajstić information content (AvgIpc) is 3.15. The Hall–Kier alpha value is -2.01. The number of hydrogen-bond acceptors (Lipinski definition) is 2. The van der Waals surface area contributed by atoms with E-state index in [2.05, 4.69) is 10.4 Å². The fourth-order valence-corrected chi connectivity index (χ4v) is 3.24. The zero-order valence-electron chi connectivity index (χ0n) is 13.2. The normalized spacial score (nSPS) is 17.5. The number of aryl methyl sites for hydroxylation is 1. The van der Waals surface area contributed by atoms with Gasteiger partial charge in [-0.3, -0.25) is 4.68 Å². The number of nitrogens with zero attached hydrogens (tertiary/aromatic N) is 3. The van der Waals surface area contributed by atoms with Gasteiger partial charge in [0.2, 0.25) is 0 Å². The van der Waals surface area contributed by atoms with Gasteiger partial charge in [0.05, 0.1) is 6.20 Å². The number of aromatic nitrogens is 2. The molecule has 1 atom stereocenters. The SMILES string of the molecule is Cn1cc(C[C@@H]2CCN(C(=O)NCc3cccc(Cl)c3)C2)cn1. The number of urea groups is 1. The standard InChI is InChI=1S/C17H21ClN4O/c1-21-11-15(10-20-21)7-14-5-6-22(12-14)17(23)19-9-13-3-2-4-16(18)8-13/h2-4,8,10-11,14H,5-7,9,12H2,1H3,(H,19,23)/t14-/m0/s1. The van der Waals surface area contributed by atoms with Gasteiger partial charge in [0, 0.05) is 37.9 Å². The maximum atomic E-state index is 12.3. The number of benzene rings is 1. The topological polar surface area (TPSA) is 50.2 Å². The van der Waals surface area contributed by atoms with Crippen molar-refractivity contribution >= 4 is 17.6 Å². The van der Waals surface area contributed by atoms with Gasteiger partial charge in [-0.2, -0.15) is 5.10 Å². The maximum Gasteiger partial charge on any atom is 0.317 e. The molecule has 1 fully saturated rings. The lowest BCUT2D eigenvalue weighted by molar-refractivity contribution is 0.206. The summed E-state index contributed by atoms with van der Waals surface area (Å²) >= 11 is 5.96. The zero-order chi connectivity index (χ0) is 16.2. The summed E-state index contributed by atoms with van der Waals surface area (Å²) in [5, 5.41) is 7.85. The zero-order valence-corrected chi connectivity index (χ0v) is 14.0. The molecule has 23 heavy (non-hydrogen) atoms. The Labute approximate surface area is 141 Å². The van der Waals surface area contributed by atoms with Crippen LogP contribution in [-0.4, -0.2) is 33.8 Å². The van der Waals surface area contributed by atoms with E-state index in [0.29, 0.717) is 17.5 Å². The highest BCUT2D eigenvalue weighted by Crippen LogP contribution is 2.20. The van der Waals surface area contributed by atoms with Crippen molar-refractivity contribution in [3.05, 3.63) is 52.8 Å². The third-order valence-electron chi connectivity index (χ3n) is 4.19. The summed E-state index contributed by atoms with van der Waals surface area (Å²) in [5.41, 5.74) is 2.25. The second-order valence-corrected chi connectivity index (χ2v) is 6.55. The van der Waals surface area contributed by atoms with E-state index in [1.54, 1.807) is 0 Å². The molecule has 0 unspecified atom stereocenters. The summed E-state index contributed by atoms with van der Waals surface area (Å²) < 4.78 is 1.82. The van der Waals surface area contributed by atoms with Crippen LogP contribution in [0.1, 0.15) is 17.5 Å². The molecule has 122 valence electrons. The lowest BCUT2D eigenvalue weighted by Crippen LogP contribution is -2.38. The van der Waals surface area contributed by atoms with Gasteiger partial charge in [0.1, 0.15) is 0 Å². The molecule has 1 saturated heterocycles. The van der Waals surface area contributed by atoms with E-state index in [0.717, 1.165) is 31.5 Å². The van der Waals surface area contributed by atoms with E-state index in [1.807, 2.05) is 53.3 Å². The number of carbonyl (C=O) groups excluding carboxylic acids is 1. The van der Waals surface area contributed by atoms with Crippen LogP contribution < -0.4 is 5.32 Å². The summed E-state index contributed by atoms with van der Waals surface area (Å²) in [5.74, 6) is 0.510. The highest BCUT2D eigenvalue weighted by Gasteiger charge is 2.26. The van der Waals surface area contributed by atoms with Crippen molar-refractivity contribution in [2.75, 3.05) is 13.1 Å². The molecule has 5 nitrogen and oxygen atoms in total. The first kappa shape index (κ1) is 15.9. The van der Waals surface area contributed by atoms with Crippen LogP contribution >= 0.6 is 11.6 Å². The molecule has 1 aliphatic heterocycles. The van der Waals surface area contributed by atoms with Crippen molar-refractivity contribution in [3.8, 4) is 0 Å². The fourth-order valence-electron chi connectivity index (χ4n) is 3.03. The van der Waals surface area contributed by atoms with Crippen LogP contribution in [0.25, 0.3) is 0 Å². The van der Waals surface area contributed by atoms with Crippen molar-refractivity contribution in [2.24, 2.45) is 13.0 Å². The maximum absolute atomic E-state index is 12.3. The molecule has 1 aromatic carbocycles. The number of rotatable bonds is 4. The summed E-state index contributed by atoms with van der Waals surface area (Å²) in [6.45, 7) is 2.12. The van der Waals surface area contributed by atoms with Gasteiger partial charge in [-0.25, -0.2) is 4.79 Å². The Bertz CT molecular complexity index is 685. The number of amides is 2. The van der Waals surface area contributed by atoms with Crippen molar-refractivity contribution < 1.29 is 4.79 Å². The minimum Gasteiger partial charge on any atom is -0.334 e.